The SMILES string of the molecule is CCNc1cc(C(=O)NCC2CC2(C)C)ccn1. The van der Waals surface area contributed by atoms with E-state index < -0.39 is 0 Å². The predicted molar refractivity (Wildman–Crippen MR) is 72.6 cm³/mol. The number of nitrogens with one attached hydrogen (secondary N) is 2. The molecule has 1 amide bonds. The highest BCUT2D eigenvalue weighted by Gasteiger charge is 2.45. The van der Waals surface area contributed by atoms with Crippen molar-refractivity contribution in [3.63, 3.8) is 0 Å². The van der Waals surface area contributed by atoms with Crippen molar-refractivity contribution >= 4 is 11.7 Å². The molecule has 1 fully saturated rings. The number of amides is 1. The van der Waals surface area contributed by atoms with Gasteiger partial charge in [0, 0.05) is 24.8 Å². The van der Waals surface area contributed by atoms with Crippen molar-refractivity contribution in [2.75, 3.05) is 18.4 Å². The van der Waals surface area contributed by atoms with E-state index in [0.717, 1.165) is 18.9 Å². The van der Waals surface area contributed by atoms with Crippen LogP contribution in [-0.4, -0.2) is 24.0 Å². The lowest BCUT2D eigenvalue weighted by molar-refractivity contribution is 0.0950. The van der Waals surface area contributed by atoms with Gasteiger partial charge in [0.2, 0.25) is 0 Å². The first-order valence-corrected chi connectivity index (χ1v) is 6.51. The molecule has 1 atom stereocenters. The number of hydrogen-bond donors (Lipinski definition) is 2. The molecular formula is C14H21N3O. The standard InChI is InChI=1S/C14H21N3O/c1-4-15-12-7-10(5-6-16-12)13(18)17-9-11-8-14(11,2)3/h5-7,11H,4,8-9H2,1-3H3,(H,15,16)(H,17,18). The summed E-state index contributed by atoms with van der Waals surface area (Å²) in [7, 11) is 0. The van der Waals surface area contributed by atoms with Gasteiger partial charge in [-0.25, -0.2) is 4.98 Å². The van der Waals surface area contributed by atoms with E-state index in [2.05, 4.69) is 29.5 Å². The van der Waals surface area contributed by atoms with Gasteiger partial charge >= 0.3 is 0 Å². The molecule has 1 aliphatic carbocycles. The third kappa shape index (κ3) is 3.00. The summed E-state index contributed by atoms with van der Waals surface area (Å²) in [6.07, 6.45) is 2.86. The Labute approximate surface area is 108 Å². The number of nitrogens with zero attached hydrogens (tertiary/aromatic N) is 1. The number of anilines is 1. The Morgan fingerprint density at radius 1 is 1.56 bits per heavy atom. The van der Waals surface area contributed by atoms with Crippen LogP contribution in [0.1, 0.15) is 37.6 Å². The summed E-state index contributed by atoms with van der Waals surface area (Å²) in [5, 5.41) is 6.09. The van der Waals surface area contributed by atoms with Crippen LogP contribution in [0.4, 0.5) is 5.82 Å². The molecule has 0 aromatic carbocycles. The molecule has 1 aromatic rings. The average molecular weight is 247 g/mol. The zero-order valence-electron chi connectivity index (χ0n) is 11.3. The second kappa shape index (κ2) is 4.96. The summed E-state index contributed by atoms with van der Waals surface area (Å²) in [4.78, 5) is 16.1. The predicted octanol–water partition coefficient (Wildman–Crippen LogP) is 2.29. The molecular weight excluding hydrogens is 226 g/mol. The van der Waals surface area contributed by atoms with Gasteiger partial charge in [0.05, 0.1) is 0 Å². The molecule has 18 heavy (non-hydrogen) atoms. The molecule has 2 N–H and O–H groups in total. The monoisotopic (exact) mass is 247 g/mol. The van der Waals surface area contributed by atoms with Gasteiger partial charge in [0.1, 0.15) is 5.82 Å². The average Bonchev–Trinajstić information content (AvgIpc) is 2.95. The fraction of sp³-hybridized carbons (Fsp3) is 0.571. The summed E-state index contributed by atoms with van der Waals surface area (Å²) in [6.45, 7) is 8.04. The van der Waals surface area contributed by atoms with Crippen LogP contribution in [0.2, 0.25) is 0 Å². The molecule has 98 valence electrons. The number of aromatic nitrogens is 1. The van der Waals surface area contributed by atoms with Gasteiger partial charge in [-0.3, -0.25) is 4.79 Å². The highest BCUT2D eigenvalue weighted by molar-refractivity contribution is 5.94. The van der Waals surface area contributed by atoms with Crippen LogP contribution in [0, 0.1) is 11.3 Å². The fourth-order valence-electron chi connectivity index (χ4n) is 2.09. The lowest BCUT2D eigenvalue weighted by Crippen LogP contribution is -2.26. The topological polar surface area (TPSA) is 54.0 Å². The van der Waals surface area contributed by atoms with Gasteiger partial charge in [0.25, 0.3) is 5.91 Å². The highest BCUT2D eigenvalue weighted by atomic mass is 16.1. The minimum absolute atomic E-state index is 0.0146. The van der Waals surface area contributed by atoms with Crippen molar-refractivity contribution < 1.29 is 4.79 Å². The number of pyridine rings is 1. The Bertz CT molecular complexity index is 442. The van der Waals surface area contributed by atoms with Crippen LogP contribution in [0.15, 0.2) is 18.3 Å². The van der Waals surface area contributed by atoms with Gasteiger partial charge in [-0.15, -0.1) is 0 Å². The molecule has 0 bridgehead atoms. The van der Waals surface area contributed by atoms with Crippen molar-refractivity contribution in [3.05, 3.63) is 23.9 Å². The summed E-state index contributed by atoms with van der Waals surface area (Å²) < 4.78 is 0. The smallest absolute Gasteiger partial charge is 0.251 e. The first-order chi connectivity index (χ1) is 8.53. The largest absolute Gasteiger partial charge is 0.370 e. The van der Waals surface area contributed by atoms with E-state index in [1.165, 1.54) is 6.42 Å². The quantitative estimate of drug-likeness (QED) is 0.839. The van der Waals surface area contributed by atoms with Crippen LogP contribution >= 0.6 is 0 Å². The first kappa shape index (κ1) is 12.9. The second-order valence-electron chi connectivity index (χ2n) is 5.56. The highest BCUT2D eigenvalue weighted by Crippen LogP contribution is 2.50. The molecule has 2 rings (SSSR count). The van der Waals surface area contributed by atoms with Gasteiger partial charge in [0.15, 0.2) is 0 Å². The number of hydrogen-bond acceptors (Lipinski definition) is 3. The molecule has 1 heterocycles. The molecule has 1 saturated carbocycles. The Kier molecular flexibility index (Phi) is 3.55. The Hall–Kier alpha value is -1.58. The molecule has 0 radical (unpaired) electrons. The van der Waals surface area contributed by atoms with Crippen LogP contribution in [-0.2, 0) is 0 Å². The summed E-state index contributed by atoms with van der Waals surface area (Å²) in [5.41, 5.74) is 1.07. The second-order valence-corrected chi connectivity index (χ2v) is 5.56. The Morgan fingerprint density at radius 2 is 2.28 bits per heavy atom. The summed E-state index contributed by atoms with van der Waals surface area (Å²) in [6, 6.07) is 3.53. The zero-order valence-corrected chi connectivity index (χ0v) is 11.3. The van der Waals surface area contributed by atoms with Gasteiger partial charge < -0.3 is 10.6 Å². The summed E-state index contributed by atoms with van der Waals surface area (Å²) in [5.74, 6) is 1.35. The van der Waals surface area contributed by atoms with Gasteiger partial charge in [-0.1, -0.05) is 13.8 Å². The summed E-state index contributed by atoms with van der Waals surface area (Å²) >= 11 is 0. The van der Waals surface area contributed by atoms with Gasteiger partial charge in [-0.05, 0) is 36.8 Å². The van der Waals surface area contributed by atoms with E-state index in [1.807, 2.05) is 6.92 Å². The molecule has 0 saturated heterocycles. The third-order valence-corrected chi connectivity index (χ3v) is 3.61. The number of carbonyl (C=O) groups excluding carboxylic acids is 1. The van der Waals surface area contributed by atoms with E-state index in [9.17, 15) is 4.79 Å². The van der Waals surface area contributed by atoms with Crippen LogP contribution in [0.5, 0.6) is 0 Å². The van der Waals surface area contributed by atoms with E-state index in [1.54, 1.807) is 18.3 Å². The van der Waals surface area contributed by atoms with Crippen molar-refractivity contribution in [1.82, 2.24) is 10.3 Å². The Morgan fingerprint density at radius 3 is 2.89 bits per heavy atom. The van der Waals surface area contributed by atoms with E-state index in [-0.39, 0.29) is 5.91 Å². The molecule has 1 aromatic heterocycles. The third-order valence-electron chi connectivity index (χ3n) is 3.61. The molecule has 4 nitrogen and oxygen atoms in total. The molecule has 0 spiro atoms. The molecule has 4 heteroatoms. The normalized spacial score (nSPS) is 20.3. The minimum atomic E-state index is -0.0146. The van der Waals surface area contributed by atoms with E-state index in [4.69, 9.17) is 0 Å². The minimum Gasteiger partial charge on any atom is -0.370 e. The maximum absolute atomic E-state index is 12.0. The number of carbonyl (C=O) groups is 1. The van der Waals surface area contributed by atoms with Crippen LogP contribution in [0.25, 0.3) is 0 Å². The maximum Gasteiger partial charge on any atom is 0.251 e. The van der Waals surface area contributed by atoms with Crippen LogP contribution in [0.3, 0.4) is 0 Å². The van der Waals surface area contributed by atoms with E-state index >= 15 is 0 Å². The molecule has 1 aliphatic rings. The zero-order chi connectivity index (χ0) is 13.2. The maximum atomic E-state index is 12.0. The lowest BCUT2D eigenvalue weighted by atomic mass is 10.1. The Balaban J connectivity index is 1.90. The van der Waals surface area contributed by atoms with Crippen molar-refractivity contribution in [1.29, 1.82) is 0 Å². The fourth-order valence-corrected chi connectivity index (χ4v) is 2.09. The molecule has 0 aliphatic heterocycles. The van der Waals surface area contributed by atoms with Crippen LogP contribution < -0.4 is 10.6 Å². The van der Waals surface area contributed by atoms with E-state index in [0.29, 0.717) is 16.9 Å². The van der Waals surface area contributed by atoms with Gasteiger partial charge in [-0.2, -0.15) is 0 Å². The molecule has 1 unspecified atom stereocenters. The van der Waals surface area contributed by atoms with Crippen molar-refractivity contribution in [3.8, 4) is 0 Å². The number of rotatable bonds is 5. The first-order valence-electron chi connectivity index (χ1n) is 6.51. The van der Waals surface area contributed by atoms with Crippen molar-refractivity contribution in [2.24, 2.45) is 11.3 Å². The van der Waals surface area contributed by atoms with Crippen molar-refractivity contribution in [2.45, 2.75) is 27.2 Å². The lowest BCUT2D eigenvalue weighted by Gasteiger charge is -2.08.